The summed E-state index contributed by atoms with van der Waals surface area (Å²) < 4.78 is 9.29. The first-order valence-electron chi connectivity index (χ1n) is 11.7. The van der Waals surface area contributed by atoms with Crippen LogP contribution in [0.15, 0.2) is 53.3 Å². The van der Waals surface area contributed by atoms with E-state index in [1.165, 1.54) is 4.57 Å². The number of amides is 1. The average molecular weight is 472 g/mol. The van der Waals surface area contributed by atoms with Gasteiger partial charge in [0.05, 0.1) is 30.4 Å². The fraction of sp³-hybridized carbons (Fsp3) is 0.296. The normalized spacial score (nSPS) is 13.4. The lowest BCUT2D eigenvalue weighted by Crippen LogP contribution is -2.30. The molecule has 0 atom stereocenters. The van der Waals surface area contributed by atoms with E-state index in [4.69, 9.17) is 9.72 Å². The molecule has 35 heavy (non-hydrogen) atoms. The Kier molecular flexibility index (Phi) is 5.80. The Morgan fingerprint density at radius 1 is 1.09 bits per heavy atom. The summed E-state index contributed by atoms with van der Waals surface area (Å²) in [6, 6.07) is 15.8. The molecule has 4 aromatic rings. The second-order valence-electron chi connectivity index (χ2n) is 8.99. The molecule has 1 amide bonds. The van der Waals surface area contributed by atoms with Crippen LogP contribution in [0, 0.1) is 13.8 Å². The quantitative estimate of drug-likeness (QED) is 0.486. The maximum Gasteiger partial charge on any atom is 0.263 e. The van der Waals surface area contributed by atoms with Crippen molar-refractivity contribution in [1.29, 1.82) is 0 Å². The summed E-state index contributed by atoms with van der Waals surface area (Å²) in [5, 5.41) is 2.92. The Morgan fingerprint density at radius 2 is 1.89 bits per heavy atom. The van der Waals surface area contributed by atoms with Gasteiger partial charge in [0.25, 0.3) is 11.5 Å². The number of aromatic nitrogens is 3. The molecule has 2 aromatic heterocycles. The molecule has 8 heteroatoms. The van der Waals surface area contributed by atoms with E-state index >= 15 is 0 Å². The molecule has 0 aliphatic carbocycles. The molecular weight excluding hydrogens is 442 g/mol. The van der Waals surface area contributed by atoms with Crippen molar-refractivity contribution in [2.24, 2.45) is 7.05 Å². The van der Waals surface area contributed by atoms with Gasteiger partial charge in [-0.2, -0.15) is 0 Å². The highest BCUT2D eigenvalue weighted by atomic mass is 16.5. The fourth-order valence-corrected chi connectivity index (χ4v) is 4.82. The van der Waals surface area contributed by atoms with E-state index in [0.717, 1.165) is 47.7 Å². The monoisotopic (exact) mass is 471 g/mol. The summed E-state index contributed by atoms with van der Waals surface area (Å²) in [5.41, 5.74) is 4.89. The van der Waals surface area contributed by atoms with Crippen molar-refractivity contribution in [3.63, 3.8) is 0 Å². The Hall–Kier alpha value is -4.07. The Morgan fingerprint density at radius 3 is 2.69 bits per heavy atom. The van der Waals surface area contributed by atoms with Gasteiger partial charge in [-0.1, -0.05) is 12.1 Å². The van der Waals surface area contributed by atoms with Crippen LogP contribution >= 0.6 is 0 Å². The second-order valence-corrected chi connectivity index (χ2v) is 8.99. The van der Waals surface area contributed by atoms with Crippen LogP contribution in [0.3, 0.4) is 0 Å². The standard InChI is InChI=1S/C27H29N5O3/c1-17-14-18(2)30(3)27(34)25(17)26(33)29-21-15-19(10-11-23(21)35-4)31-12-7-13-32-22-9-6-5-8-20(22)28-24(32)16-31/h5-6,8-11,14-15H,7,12-13,16H2,1-4H3,(H,29,33). The van der Waals surface area contributed by atoms with Crippen LogP contribution in [0.4, 0.5) is 11.4 Å². The molecule has 1 aliphatic rings. The van der Waals surface area contributed by atoms with Crippen molar-refractivity contribution in [3.8, 4) is 5.75 Å². The number of para-hydroxylation sites is 2. The summed E-state index contributed by atoms with van der Waals surface area (Å²) in [7, 11) is 3.23. The molecule has 0 radical (unpaired) electrons. The van der Waals surface area contributed by atoms with Gasteiger partial charge in [-0.25, -0.2) is 4.98 Å². The average Bonchev–Trinajstić information content (AvgIpc) is 3.05. The van der Waals surface area contributed by atoms with Gasteiger partial charge in [0, 0.05) is 31.5 Å². The predicted octanol–water partition coefficient (Wildman–Crippen LogP) is 4.02. The van der Waals surface area contributed by atoms with Crippen LogP contribution in [0.2, 0.25) is 0 Å². The molecule has 1 aliphatic heterocycles. The summed E-state index contributed by atoms with van der Waals surface area (Å²) in [4.78, 5) is 33.1. The number of rotatable bonds is 4. The molecule has 0 fully saturated rings. The maximum absolute atomic E-state index is 13.2. The number of anilines is 2. The zero-order chi connectivity index (χ0) is 24.7. The van der Waals surface area contributed by atoms with E-state index in [-0.39, 0.29) is 11.1 Å². The van der Waals surface area contributed by atoms with E-state index in [1.54, 1.807) is 21.1 Å². The highest BCUT2D eigenvalue weighted by molar-refractivity contribution is 6.06. The summed E-state index contributed by atoms with van der Waals surface area (Å²) in [5.74, 6) is 1.10. The SMILES string of the molecule is COc1ccc(N2CCCn3c(nc4ccccc43)C2)cc1NC(=O)c1c(C)cc(C)n(C)c1=O. The molecule has 3 heterocycles. The molecule has 0 saturated heterocycles. The number of carbonyl (C=O) groups is 1. The number of carbonyl (C=O) groups excluding carboxylic acids is 1. The number of aryl methyl sites for hydroxylation is 3. The predicted molar refractivity (Wildman–Crippen MR) is 138 cm³/mol. The number of imidazole rings is 1. The summed E-state index contributed by atoms with van der Waals surface area (Å²) in [6.07, 6.45) is 0.972. The number of fused-ring (bicyclic) bond motifs is 3. The Bertz CT molecular complexity index is 1500. The van der Waals surface area contributed by atoms with Crippen molar-refractivity contribution < 1.29 is 9.53 Å². The first kappa shape index (κ1) is 22.7. The zero-order valence-electron chi connectivity index (χ0n) is 20.5. The minimum absolute atomic E-state index is 0.133. The second kappa shape index (κ2) is 8.94. The van der Waals surface area contributed by atoms with E-state index in [0.29, 0.717) is 23.5 Å². The van der Waals surface area contributed by atoms with Gasteiger partial charge in [0.15, 0.2) is 0 Å². The zero-order valence-corrected chi connectivity index (χ0v) is 20.5. The lowest BCUT2D eigenvalue weighted by atomic mass is 10.1. The van der Waals surface area contributed by atoms with Crippen LogP contribution in [0.25, 0.3) is 11.0 Å². The molecule has 0 saturated carbocycles. The third kappa shape index (κ3) is 4.05. The molecule has 0 bridgehead atoms. The van der Waals surface area contributed by atoms with Crippen LogP contribution in [-0.4, -0.2) is 33.7 Å². The van der Waals surface area contributed by atoms with Gasteiger partial charge >= 0.3 is 0 Å². The summed E-state index contributed by atoms with van der Waals surface area (Å²) in [6.45, 7) is 6.04. The maximum atomic E-state index is 13.2. The van der Waals surface area contributed by atoms with Crippen molar-refractivity contribution in [1.82, 2.24) is 14.1 Å². The van der Waals surface area contributed by atoms with Crippen molar-refractivity contribution in [2.75, 3.05) is 23.9 Å². The summed E-state index contributed by atoms with van der Waals surface area (Å²) >= 11 is 0. The lowest BCUT2D eigenvalue weighted by molar-refractivity contribution is 0.102. The van der Waals surface area contributed by atoms with Gasteiger partial charge < -0.3 is 24.1 Å². The molecule has 5 rings (SSSR count). The number of ether oxygens (including phenoxy) is 1. The van der Waals surface area contributed by atoms with Crippen molar-refractivity contribution in [3.05, 3.63) is 81.5 Å². The largest absolute Gasteiger partial charge is 0.495 e. The Balaban J connectivity index is 1.47. The molecule has 2 aromatic carbocycles. The van der Waals surface area contributed by atoms with E-state index in [2.05, 4.69) is 20.9 Å². The van der Waals surface area contributed by atoms with Crippen molar-refractivity contribution >= 4 is 28.3 Å². The number of nitrogens with one attached hydrogen (secondary N) is 1. The molecular formula is C27H29N5O3. The molecule has 0 spiro atoms. The minimum Gasteiger partial charge on any atom is -0.495 e. The van der Waals surface area contributed by atoms with Gasteiger partial charge in [0.1, 0.15) is 17.1 Å². The topological polar surface area (TPSA) is 81.4 Å². The van der Waals surface area contributed by atoms with Gasteiger partial charge in [0.2, 0.25) is 0 Å². The number of nitrogens with zero attached hydrogens (tertiary/aromatic N) is 4. The van der Waals surface area contributed by atoms with E-state index in [1.807, 2.05) is 49.4 Å². The van der Waals surface area contributed by atoms with Crippen molar-refractivity contribution in [2.45, 2.75) is 33.4 Å². The van der Waals surface area contributed by atoms with Gasteiger partial charge in [-0.05, 0) is 62.2 Å². The minimum atomic E-state index is -0.448. The molecule has 0 unspecified atom stereocenters. The van der Waals surface area contributed by atoms with Gasteiger partial charge in [-0.3, -0.25) is 9.59 Å². The molecule has 180 valence electrons. The van der Waals surface area contributed by atoms with Crippen LogP contribution < -0.4 is 20.5 Å². The number of methoxy groups -OCH3 is 1. The highest BCUT2D eigenvalue weighted by Gasteiger charge is 2.21. The number of hydrogen-bond acceptors (Lipinski definition) is 5. The number of benzene rings is 2. The van der Waals surface area contributed by atoms with Crippen LogP contribution in [0.5, 0.6) is 5.75 Å². The van der Waals surface area contributed by atoms with Gasteiger partial charge in [-0.15, -0.1) is 0 Å². The first-order valence-corrected chi connectivity index (χ1v) is 11.7. The van der Waals surface area contributed by atoms with Crippen LogP contribution in [-0.2, 0) is 20.1 Å². The number of pyridine rings is 1. The molecule has 1 N–H and O–H groups in total. The lowest BCUT2D eigenvalue weighted by Gasteiger charge is -2.23. The number of hydrogen-bond donors (Lipinski definition) is 1. The highest BCUT2D eigenvalue weighted by Crippen LogP contribution is 2.32. The fourth-order valence-electron chi connectivity index (χ4n) is 4.82. The van der Waals surface area contributed by atoms with Crippen LogP contribution in [0.1, 0.15) is 33.9 Å². The van der Waals surface area contributed by atoms with E-state index < -0.39 is 5.91 Å². The van der Waals surface area contributed by atoms with E-state index in [9.17, 15) is 9.59 Å². The molecule has 8 nitrogen and oxygen atoms in total. The third-order valence-electron chi connectivity index (χ3n) is 6.77. The smallest absolute Gasteiger partial charge is 0.263 e. The third-order valence-corrected chi connectivity index (χ3v) is 6.77. The first-order chi connectivity index (χ1) is 16.9. The Labute approximate surface area is 203 Å².